The molecule has 0 aliphatic rings. The Labute approximate surface area is 55.2 Å². The Hall–Kier alpha value is 0.900. The third kappa shape index (κ3) is 6.90. The van der Waals surface area contributed by atoms with Crippen LogP contribution in [0.5, 0.6) is 0 Å². The van der Waals surface area contributed by atoms with E-state index in [-0.39, 0.29) is 0 Å². The summed E-state index contributed by atoms with van der Waals surface area (Å²) in [5.74, 6) is 0.428. The normalized spacial score (nSPS) is 18.6. The zero-order valence-corrected chi connectivity index (χ0v) is 7.23. The van der Waals surface area contributed by atoms with E-state index in [9.17, 15) is 4.21 Å². The van der Waals surface area contributed by atoms with Crippen molar-refractivity contribution in [1.29, 1.82) is 0 Å². The average Bonchev–Trinajstić information content (AvgIpc) is 1.30. The van der Waals surface area contributed by atoms with Crippen LogP contribution in [0, 0.1) is 0 Å². The van der Waals surface area contributed by atoms with E-state index in [1.165, 1.54) is 20.4 Å². The molecule has 0 aliphatic heterocycles. The Morgan fingerprint density at radius 3 is 2.29 bits per heavy atom. The standard InChI is InChI=1S/C3H8O2STe/c1-2-3-6(4,5)7/h2-3H2,1H3,(H,4,5,7). The van der Waals surface area contributed by atoms with Gasteiger partial charge in [-0.3, -0.25) is 0 Å². The molecule has 7 heavy (non-hydrogen) atoms. The van der Waals surface area contributed by atoms with Crippen molar-refractivity contribution in [2.75, 3.05) is 5.75 Å². The van der Waals surface area contributed by atoms with Crippen LogP contribution in [0.1, 0.15) is 13.3 Å². The fourth-order valence-electron chi connectivity index (χ4n) is 0.258. The fraction of sp³-hybridized carbons (Fsp3) is 1.00. The van der Waals surface area contributed by atoms with Crippen molar-refractivity contribution in [1.82, 2.24) is 0 Å². The molecule has 0 saturated heterocycles. The second-order valence-corrected chi connectivity index (χ2v) is 7.32. The minimum atomic E-state index is -2.41. The van der Waals surface area contributed by atoms with Crippen molar-refractivity contribution in [3.8, 4) is 0 Å². The molecule has 1 unspecified atom stereocenters. The van der Waals surface area contributed by atoms with E-state index in [1.807, 2.05) is 6.92 Å². The third-order valence-corrected chi connectivity index (χ3v) is 2.81. The molecular formula is C3H8O2STe. The minimum absolute atomic E-state index is 0.428. The molecule has 1 N–H and O–H groups in total. The second-order valence-electron chi connectivity index (χ2n) is 1.29. The Morgan fingerprint density at radius 1 is 1.86 bits per heavy atom. The van der Waals surface area contributed by atoms with Gasteiger partial charge in [-0.1, -0.05) is 0 Å². The quantitative estimate of drug-likeness (QED) is 0.697. The van der Waals surface area contributed by atoms with E-state index in [0.29, 0.717) is 5.75 Å². The van der Waals surface area contributed by atoms with Crippen LogP contribution in [0.3, 0.4) is 0 Å². The summed E-state index contributed by atoms with van der Waals surface area (Å²) >= 11 is 1.29. The second kappa shape index (κ2) is 3.03. The van der Waals surface area contributed by atoms with Gasteiger partial charge in [0.15, 0.2) is 0 Å². The molecule has 44 valence electrons. The SMILES string of the molecule is CCCS(=O)(O)=[Te]. The molecule has 0 fully saturated rings. The van der Waals surface area contributed by atoms with Gasteiger partial charge < -0.3 is 0 Å². The van der Waals surface area contributed by atoms with Gasteiger partial charge in [0.1, 0.15) is 0 Å². The first-order chi connectivity index (χ1) is 3.06. The molecule has 0 aliphatic carbocycles. The average molecular weight is 236 g/mol. The number of hydrogen-bond donors (Lipinski definition) is 1. The van der Waals surface area contributed by atoms with Crippen LogP contribution < -0.4 is 0 Å². The molecule has 0 rings (SSSR count). The maximum absolute atomic E-state index is 10.3. The predicted octanol–water partition coefficient (Wildman–Crippen LogP) is 0.237. The molecule has 0 aromatic rings. The zero-order valence-electron chi connectivity index (χ0n) is 4.09. The molecule has 2 nitrogen and oxygen atoms in total. The molecule has 0 bridgehead atoms. The first-order valence-electron chi connectivity index (χ1n) is 2.01. The summed E-state index contributed by atoms with van der Waals surface area (Å²) in [4.78, 5) is 0. The molecule has 0 aromatic heterocycles. The van der Waals surface area contributed by atoms with E-state index in [1.54, 1.807) is 0 Å². The van der Waals surface area contributed by atoms with Gasteiger partial charge >= 0.3 is 55.1 Å². The molecule has 0 saturated carbocycles. The van der Waals surface area contributed by atoms with Crippen molar-refractivity contribution in [3.63, 3.8) is 0 Å². The Bertz CT molecular complexity index is 126. The molecule has 0 radical (unpaired) electrons. The predicted molar refractivity (Wildman–Crippen MR) is 31.7 cm³/mol. The van der Waals surface area contributed by atoms with Gasteiger partial charge in [0.2, 0.25) is 0 Å². The van der Waals surface area contributed by atoms with Gasteiger partial charge in [-0.05, 0) is 0 Å². The van der Waals surface area contributed by atoms with Gasteiger partial charge in [-0.2, -0.15) is 0 Å². The van der Waals surface area contributed by atoms with Crippen molar-refractivity contribution < 1.29 is 8.76 Å². The summed E-state index contributed by atoms with van der Waals surface area (Å²) < 4.78 is 18.9. The number of hydrogen-bond acceptors (Lipinski definition) is 1. The molecule has 0 aromatic carbocycles. The first-order valence-corrected chi connectivity index (χ1v) is 6.47. The van der Waals surface area contributed by atoms with Crippen LogP contribution >= 0.6 is 0 Å². The third-order valence-electron chi connectivity index (χ3n) is 0.462. The molecule has 1 atom stereocenters. The fourth-order valence-corrected chi connectivity index (χ4v) is 2.20. The van der Waals surface area contributed by atoms with E-state index in [0.717, 1.165) is 6.42 Å². The van der Waals surface area contributed by atoms with Gasteiger partial charge in [-0.25, -0.2) is 0 Å². The van der Waals surface area contributed by atoms with Crippen LogP contribution in [0.15, 0.2) is 0 Å². The first kappa shape index (κ1) is 7.90. The van der Waals surface area contributed by atoms with E-state index in [2.05, 4.69) is 0 Å². The summed E-state index contributed by atoms with van der Waals surface area (Å²) in [6.07, 6.45) is 0.786. The van der Waals surface area contributed by atoms with Crippen molar-refractivity contribution in [2.45, 2.75) is 13.3 Å². The van der Waals surface area contributed by atoms with Gasteiger partial charge in [0.05, 0.1) is 0 Å². The molecule has 0 spiro atoms. The van der Waals surface area contributed by atoms with Crippen molar-refractivity contribution in [2.24, 2.45) is 0 Å². The molecule has 0 heterocycles. The summed E-state index contributed by atoms with van der Waals surface area (Å²) in [7, 11) is 0. The monoisotopic (exact) mass is 238 g/mol. The molecule has 4 heteroatoms. The summed E-state index contributed by atoms with van der Waals surface area (Å²) in [6.45, 7) is -0.524. The topological polar surface area (TPSA) is 37.3 Å². The zero-order chi connectivity index (χ0) is 5.91. The van der Waals surface area contributed by atoms with Crippen molar-refractivity contribution >= 4 is 27.3 Å². The summed E-state index contributed by atoms with van der Waals surface area (Å²) in [5, 5.41) is 0. The Morgan fingerprint density at radius 2 is 2.29 bits per heavy atom. The Balaban J connectivity index is 3.60. The van der Waals surface area contributed by atoms with Gasteiger partial charge in [-0.15, -0.1) is 0 Å². The van der Waals surface area contributed by atoms with E-state index >= 15 is 0 Å². The Kier molecular flexibility index (Phi) is 3.42. The van der Waals surface area contributed by atoms with E-state index < -0.39 is 6.92 Å². The maximum atomic E-state index is 10.3. The van der Waals surface area contributed by atoms with E-state index in [4.69, 9.17) is 4.55 Å². The van der Waals surface area contributed by atoms with Gasteiger partial charge in [0, 0.05) is 0 Å². The van der Waals surface area contributed by atoms with Crippen LogP contribution in [0.4, 0.5) is 0 Å². The van der Waals surface area contributed by atoms with Crippen molar-refractivity contribution in [3.05, 3.63) is 0 Å². The van der Waals surface area contributed by atoms with Crippen LogP contribution in [-0.4, -0.2) is 34.9 Å². The summed E-state index contributed by atoms with van der Waals surface area (Å²) in [6, 6.07) is 0. The molecule has 0 amide bonds. The summed E-state index contributed by atoms with van der Waals surface area (Å²) in [5.41, 5.74) is 0. The van der Waals surface area contributed by atoms with Crippen LogP contribution in [0.25, 0.3) is 0 Å². The number of rotatable bonds is 2. The molecular weight excluding hydrogens is 228 g/mol. The van der Waals surface area contributed by atoms with Crippen LogP contribution in [0.2, 0.25) is 0 Å². The van der Waals surface area contributed by atoms with Crippen LogP contribution in [-0.2, 0) is 6.92 Å². The van der Waals surface area contributed by atoms with Gasteiger partial charge in [0.25, 0.3) is 0 Å².